The van der Waals surface area contributed by atoms with E-state index in [0.29, 0.717) is 0 Å². The van der Waals surface area contributed by atoms with E-state index < -0.39 is 0 Å². The van der Waals surface area contributed by atoms with Gasteiger partial charge in [0.15, 0.2) is 0 Å². The molecule has 0 N–H and O–H groups in total. The van der Waals surface area contributed by atoms with Crippen molar-refractivity contribution >= 4 is 0 Å². The highest BCUT2D eigenvalue weighted by Gasteiger charge is 2.08. The molecule has 0 rings (SSSR count). The van der Waals surface area contributed by atoms with Gasteiger partial charge >= 0.3 is 0 Å². The van der Waals surface area contributed by atoms with Crippen LogP contribution in [0.25, 0.3) is 0 Å². The third-order valence-electron chi connectivity index (χ3n) is 9.43. The summed E-state index contributed by atoms with van der Waals surface area (Å²) in [6, 6.07) is 0. The van der Waals surface area contributed by atoms with E-state index in [-0.39, 0.29) is 0 Å². The van der Waals surface area contributed by atoms with Gasteiger partial charge < -0.3 is 0 Å². The maximum atomic E-state index is 2.51. The van der Waals surface area contributed by atoms with Gasteiger partial charge in [-0.15, -0.1) is 0 Å². The van der Waals surface area contributed by atoms with E-state index in [1.807, 2.05) is 0 Å². The first-order valence-electron chi connectivity index (χ1n) is 18.3. The lowest BCUT2D eigenvalue weighted by molar-refractivity contribution is 0.389. The fourth-order valence-electron chi connectivity index (χ4n) is 6.28. The summed E-state index contributed by atoms with van der Waals surface area (Å²) in [7, 11) is 0. The standard InChI is InChI=1S/C40H78/c1-33(2)19-13-23-37(7)27-17-31-39(9)29-15-25-35(5)21-11-12-22-36(6)26-16-30-40(10)32-18-28-38(8)24-14-20-34(3)4/h21-22,33-34,37-40H,11-20,23-32H2,1-10H3. The molecule has 0 heterocycles. The van der Waals surface area contributed by atoms with Crippen LogP contribution in [0, 0.1) is 35.5 Å². The maximum Gasteiger partial charge on any atom is -0.0313 e. The summed E-state index contributed by atoms with van der Waals surface area (Å²) in [5.41, 5.74) is 3.22. The average molecular weight is 559 g/mol. The van der Waals surface area contributed by atoms with Gasteiger partial charge in [0.05, 0.1) is 0 Å². The van der Waals surface area contributed by atoms with Gasteiger partial charge in [-0.05, 0) is 87.9 Å². The fourth-order valence-corrected chi connectivity index (χ4v) is 6.28. The molecule has 40 heavy (non-hydrogen) atoms. The van der Waals surface area contributed by atoms with E-state index >= 15 is 0 Å². The van der Waals surface area contributed by atoms with E-state index in [9.17, 15) is 0 Å². The van der Waals surface area contributed by atoms with Gasteiger partial charge in [-0.25, -0.2) is 0 Å². The lowest BCUT2D eigenvalue weighted by Gasteiger charge is -2.15. The zero-order chi connectivity index (χ0) is 30.2. The van der Waals surface area contributed by atoms with Gasteiger partial charge in [-0.3, -0.25) is 0 Å². The molecule has 0 aromatic carbocycles. The van der Waals surface area contributed by atoms with Crippen molar-refractivity contribution in [2.45, 2.75) is 198 Å². The molecule has 4 atom stereocenters. The van der Waals surface area contributed by atoms with Crippen LogP contribution < -0.4 is 0 Å². The van der Waals surface area contributed by atoms with Gasteiger partial charge in [0.2, 0.25) is 0 Å². The Hall–Kier alpha value is -0.520. The summed E-state index contributed by atoms with van der Waals surface area (Å²) < 4.78 is 0. The Labute approximate surface area is 256 Å². The minimum absolute atomic E-state index is 0.868. The van der Waals surface area contributed by atoms with E-state index in [1.54, 1.807) is 11.1 Å². The Bertz CT molecular complexity index is 552. The predicted molar refractivity (Wildman–Crippen MR) is 186 cm³/mol. The molecule has 0 aliphatic rings. The van der Waals surface area contributed by atoms with Crippen molar-refractivity contribution in [1.29, 1.82) is 0 Å². The largest absolute Gasteiger partial charge is 0.0853 e. The Morgan fingerprint density at radius 2 is 0.625 bits per heavy atom. The SMILES string of the molecule is CC(=CCCC=C(C)CCCC(C)CCCC(C)CCCC(C)C)CCCC(C)CCCC(C)CCCC(C)C. The van der Waals surface area contributed by atoms with Crippen LogP contribution in [0.15, 0.2) is 23.3 Å². The average Bonchev–Trinajstić information content (AvgIpc) is 2.86. The zero-order valence-corrected chi connectivity index (χ0v) is 29.8. The first-order chi connectivity index (χ1) is 19.0. The summed E-state index contributed by atoms with van der Waals surface area (Å²) in [5.74, 6) is 5.37. The predicted octanol–water partition coefficient (Wildman–Crippen LogP) is 14.5. The molecule has 0 aliphatic heterocycles. The normalized spacial score (nSPS) is 16.1. The molecule has 238 valence electrons. The lowest BCUT2D eigenvalue weighted by atomic mass is 9.91. The number of unbranched alkanes of at least 4 members (excludes halogenated alkanes) is 1. The molecule has 0 nitrogen and oxygen atoms in total. The highest BCUT2D eigenvalue weighted by molar-refractivity contribution is 5.02. The van der Waals surface area contributed by atoms with Crippen LogP contribution in [-0.4, -0.2) is 0 Å². The minimum Gasteiger partial charge on any atom is -0.0853 e. The second kappa shape index (κ2) is 26.1. The molecule has 0 amide bonds. The molecule has 0 aromatic rings. The number of rotatable bonds is 27. The molecule has 0 heteroatoms. The van der Waals surface area contributed by atoms with Crippen LogP contribution in [0.4, 0.5) is 0 Å². The van der Waals surface area contributed by atoms with E-state index in [0.717, 1.165) is 35.5 Å². The summed E-state index contributed by atoms with van der Waals surface area (Å²) in [4.78, 5) is 0. The molecular weight excluding hydrogens is 480 g/mol. The number of allylic oxidation sites excluding steroid dienone is 4. The molecule has 0 bridgehead atoms. The van der Waals surface area contributed by atoms with Crippen LogP contribution >= 0.6 is 0 Å². The Balaban J connectivity index is 3.81. The molecule has 0 radical (unpaired) electrons. The lowest BCUT2D eigenvalue weighted by Crippen LogP contribution is -2.00. The van der Waals surface area contributed by atoms with Crippen molar-refractivity contribution in [3.8, 4) is 0 Å². The quantitative estimate of drug-likeness (QED) is 0.0694. The van der Waals surface area contributed by atoms with E-state index in [2.05, 4.69) is 81.4 Å². The van der Waals surface area contributed by atoms with Gasteiger partial charge in [0.25, 0.3) is 0 Å². The summed E-state index contributed by atoms with van der Waals surface area (Å²) in [6.45, 7) is 24.0. The number of hydrogen-bond donors (Lipinski definition) is 0. The molecule has 0 aromatic heterocycles. The van der Waals surface area contributed by atoms with Crippen LogP contribution in [0.3, 0.4) is 0 Å². The summed E-state index contributed by atoms with van der Waals surface area (Å²) in [6.07, 6.45) is 32.7. The van der Waals surface area contributed by atoms with Crippen LogP contribution in [0.1, 0.15) is 198 Å². The van der Waals surface area contributed by atoms with Crippen molar-refractivity contribution in [1.82, 2.24) is 0 Å². The fraction of sp³-hybridized carbons (Fsp3) is 0.900. The molecule has 0 aliphatic carbocycles. The second-order valence-corrected chi connectivity index (χ2v) is 15.4. The second-order valence-electron chi connectivity index (χ2n) is 15.4. The van der Waals surface area contributed by atoms with Gasteiger partial charge in [0.1, 0.15) is 0 Å². The van der Waals surface area contributed by atoms with E-state index in [4.69, 9.17) is 0 Å². The van der Waals surface area contributed by atoms with Crippen LogP contribution in [-0.2, 0) is 0 Å². The Morgan fingerprint density at radius 1 is 0.375 bits per heavy atom. The highest BCUT2D eigenvalue weighted by Crippen LogP contribution is 2.24. The molecule has 0 spiro atoms. The molecule has 0 fully saturated rings. The van der Waals surface area contributed by atoms with Gasteiger partial charge in [-0.2, -0.15) is 0 Å². The molecule has 0 saturated heterocycles. The monoisotopic (exact) mass is 559 g/mol. The summed E-state index contributed by atoms with van der Waals surface area (Å²) >= 11 is 0. The van der Waals surface area contributed by atoms with Crippen molar-refractivity contribution < 1.29 is 0 Å². The highest BCUT2D eigenvalue weighted by atomic mass is 14.1. The Morgan fingerprint density at radius 3 is 0.900 bits per heavy atom. The topological polar surface area (TPSA) is 0 Å². The van der Waals surface area contributed by atoms with Crippen molar-refractivity contribution in [2.75, 3.05) is 0 Å². The van der Waals surface area contributed by atoms with E-state index in [1.165, 1.54) is 128 Å². The third-order valence-corrected chi connectivity index (χ3v) is 9.43. The van der Waals surface area contributed by atoms with Crippen molar-refractivity contribution in [2.24, 2.45) is 35.5 Å². The van der Waals surface area contributed by atoms with Gasteiger partial charge in [-0.1, -0.05) is 169 Å². The van der Waals surface area contributed by atoms with Crippen LogP contribution in [0.2, 0.25) is 0 Å². The maximum absolute atomic E-state index is 2.51. The first kappa shape index (κ1) is 39.5. The third kappa shape index (κ3) is 27.6. The smallest absolute Gasteiger partial charge is 0.0313 e. The first-order valence-corrected chi connectivity index (χ1v) is 18.3. The minimum atomic E-state index is 0.868. The molecule has 0 saturated carbocycles. The molecule has 4 unspecified atom stereocenters. The van der Waals surface area contributed by atoms with Gasteiger partial charge in [0, 0.05) is 0 Å². The summed E-state index contributed by atoms with van der Waals surface area (Å²) in [5, 5.41) is 0. The van der Waals surface area contributed by atoms with Crippen LogP contribution in [0.5, 0.6) is 0 Å². The molecular formula is C40H78. The zero-order valence-electron chi connectivity index (χ0n) is 29.8. The number of hydrogen-bond acceptors (Lipinski definition) is 0. The Kier molecular flexibility index (Phi) is 25.8. The van der Waals surface area contributed by atoms with Crippen molar-refractivity contribution in [3.05, 3.63) is 23.3 Å². The van der Waals surface area contributed by atoms with Crippen molar-refractivity contribution in [3.63, 3.8) is 0 Å².